The van der Waals surface area contributed by atoms with Gasteiger partial charge < -0.3 is 10.0 Å². The summed E-state index contributed by atoms with van der Waals surface area (Å²) in [6.45, 7) is 5.15. The van der Waals surface area contributed by atoms with Crippen LogP contribution >= 0.6 is 27.3 Å². The SMILES string of the molecule is CCN1CCC(O)(c2nc(Br)cs2)CC1. The van der Waals surface area contributed by atoms with E-state index in [1.54, 1.807) is 0 Å². The first-order valence-electron chi connectivity index (χ1n) is 5.20. The quantitative estimate of drug-likeness (QED) is 0.907. The number of aliphatic hydroxyl groups is 1. The van der Waals surface area contributed by atoms with Crippen LogP contribution in [0.3, 0.4) is 0 Å². The first-order valence-corrected chi connectivity index (χ1v) is 6.87. The third-order valence-corrected chi connectivity index (χ3v) is 4.75. The highest BCUT2D eigenvalue weighted by Gasteiger charge is 2.36. The van der Waals surface area contributed by atoms with Gasteiger partial charge in [-0.2, -0.15) is 0 Å². The van der Waals surface area contributed by atoms with Crippen LogP contribution in [-0.2, 0) is 5.60 Å². The molecule has 1 N–H and O–H groups in total. The molecule has 0 aliphatic carbocycles. The summed E-state index contributed by atoms with van der Waals surface area (Å²) in [7, 11) is 0. The topological polar surface area (TPSA) is 36.4 Å². The van der Waals surface area contributed by atoms with Crippen LogP contribution in [0.2, 0.25) is 0 Å². The average molecular weight is 291 g/mol. The number of halogens is 1. The average Bonchev–Trinajstić information content (AvgIpc) is 2.67. The molecule has 2 rings (SSSR count). The van der Waals surface area contributed by atoms with Crippen LogP contribution in [0.1, 0.15) is 24.8 Å². The number of thiazole rings is 1. The summed E-state index contributed by atoms with van der Waals surface area (Å²) >= 11 is 4.86. The summed E-state index contributed by atoms with van der Waals surface area (Å²) < 4.78 is 0.828. The summed E-state index contributed by atoms with van der Waals surface area (Å²) in [6.07, 6.45) is 1.58. The molecule has 1 aliphatic heterocycles. The summed E-state index contributed by atoms with van der Waals surface area (Å²) in [6, 6.07) is 0. The highest BCUT2D eigenvalue weighted by atomic mass is 79.9. The molecule has 15 heavy (non-hydrogen) atoms. The van der Waals surface area contributed by atoms with Gasteiger partial charge in [0, 0.05) is 18.5 Å². The minimum Gasteiger partial charge on any atom is -0.383 e. The fourth-order valence-electron chi connectivity index (χ4n) is 1.92. The summed E-state index contributed by atoms with van der Waals surface area (Å²) in [5.41, 5.74) is -0.692. The number of likely N-dealkylation sites (tertiary alicyclic amines) is 1. The van der Waals surface area contributed by atoms with Crippen LogP contribution in [0, 0.1) is 0 Å². The van der Waals surface area contributed by atoms with E-state index in [1.807, 2.05) is 5.38 Å². The van der Waals surface area contributed by atoms with E-state index in [9.17, 15) is 5.11 Å². The lowest BCUT2D eigenvalue weighted by molar-refractivity contribution is -0.0249. The monoisotopic (exact) mass is 290 g/mol. The Labute approximate surface area is 102 Å². The maximum Gasteiger partial charge on any atom is 0.126 e. The van der Waals surface area contributed by atoms with E-state index in [4.69, 9.17) is 0 Å². The normalized spacial score (nSPS) is 21.8. The molecule has 1 aromatic rings. The van der Waals surface area contributed by atoms with E-state index in [-0.39, 0.29) is 0 Å². The van der Waals surface area contributed by atoms with Crippen LogP contribution in [0.4, 0.5) is 0 Å². The van der Waals surface area contributed by atoms with Gasteiger partial charge >= 0.3 is 0 Å². The zero-order chi connectivity index (χ0) is 10.9. The van der Waals surface area contributed by atoms with E-state index in [0.29, 0.717) is 0 Å². The molecule has 2 heterocycles. The first-order chi connectivity index (χ1) is 7.14. The molecule has 1 aliphatic rings. The number of rotatable bonds is 2. The Morgan fingerprint density at radius 3 is 2.73 bits per heavy atom. The lowest BCUT2D eigenvalue weighted by atomic mass is 9.92. The fourth-order valence-corrected chi connectivity index (χ4v) is 3.33. The Bertz CT molecular complexity index is 334. The molecule has 0 aromatic carbocycles. The lowest BCUT2D eigenvalue weighted by Gasteiger charge is -2.36. The maximum absolute atomic E-state index is 10.5. The van der Waals surface area contributed by atoms with Gasteiger partial charge in [-0.3, -0.25) is 0 Å². The summed E-state index contributed by atoms with van der Waals surface area (Å²) in [5.74, 6) is 0. The van der Waals surface area contributed by atoms with Gasteiger partial charge in [0.05, 0.1) is 0 Å². The van der Waals surface area contributed by atoms with Crippen LogP contribution < -0.4 is 0 Å². The summed E-state index contributed by atoms with van der Waals surface area (Å²) in [4.78, 5) is 6.68. The first kappa shape index (κ1) is 11.5. The summed E-state index contributed by atoms with van der Waals surface area (Å²) in [5, 5.41) is 13.3. The molecule has 1 fully saturated rings. The Kier molecular flexibility index (Phi) is 3.45. The van der Waals surface area contributed by atoms with E-state index < -0.39 is 5.60 Å². The van der Waals surface area contributed by atoms with E-state index >= 15 is 0 Å². The largest absolute Gasteiger partial charge is 0.383 e. The molecule has 1 saturated heterocycles. The van der Waals surface area contributed by atoms with Crippen molar-refractivity contribution in [3.05, 3.63) is 15.0 Å². The van der Waals surface area contributed by atoms with Crippen molar-refractivity contribution in [3.8, 4) is 0 Å². The second-order valence-corrected chi connectivity index (χ2v) is 5.61. The number of nitrogens with zero attached hydrogens (tertiary/aromatic N) is 2. The molecular weight excluding hydrogens is 276 g/mol. The predicted molar refractivity (Wildman–Crippen MR) is 65.1 cm³/mol. The number of aromatic nitrogens is 1. The second-order valence-electron chi connectivity index (χ2n) is 3.94. The Morgan fingerprint density at radius 1 is 1.60 bits per heavy atom. The molecule has 0 atom stereocenters. The van der Waals surface area contributed by atoms with Gasteiger partial charge in [0.25, 0.3) is 0 Å². The maximum atomic E-state index is 10.5. The van der Waals surface area contributed by atoms with Crippen molar-refractivity contribution in [1.82, 2.24) is 9.88 Å². The molecule has 5 heteroatoms. The van der Waals surface area contributed by atoms with Gasteiger partial charge in [-0.25, -0.2) is 4.98 Å². The van der Waals surface area contributed by atoms with Crippen molar-refractivity contribution in [3.63, 3.8) is 0 Å². The molecule has 0 spiro atoms. The van der Waals surface area contributed by atoms with Crippen molar-refractivity contribution in [2.75, 3.05) is 19.6 Å². The third kappa shape index (κ3) is 2.41. The smallest absolute Gasteiger partial charge is 0.126 e. The molecule has 84 valence electrons. The fraction of sp³-hybridized carbons (Fsp3) is 0.700. The van der Waals surface area contributed by atoms with Gasteiger partial charge in [-0.1, -0.05) is 6.92 Å². The number of hydrogen-bond acceptors (Lipinski definition) is 4. The van der Waals surface area contributed by atoms with Gasteiger partial charge in [-0.05, 0) is 35.3 Å². The molecule has 1 aromatic heterocycles. The van der Waals surface area contributed by atoms with E-state index in [2.05, 4.69) is 32.7 Å². The van der Waals surface area contributed by atoms with Gasteiger partial charge in [0.2, 0.25) is 0 Å². The van der Waals surface area contributed by atoms with Gasteiger partial charge in [0.15, 0.2) is 0 Å². The van der Waals surface area contributed by atoms with Crippen molar-refractivity contribution in [1.29, 1.82) is 0 Å². The number of hydrogen-bond donors (Lipinski definition) is 1. The Balaban J connectivity index is 2.09. The van der Waals surface area contributed by atoms with Crippen LogP contribution in [0.15, 0.2) is 9.98 Å². The van der Waals surface area contributed by atoms with Crippen molar-refractivity contribution >= 4 is 27.3 Å². The minimum atomic E-state index is -0.692. The van der Waals surface area contributed by atoms with Gasteiger partial charge in [0.1, 0.15) is 15.2 Å². The van der Waals surface area contributed by atoms with Crippen molar-refractivity contribution < 1.29 is 5.11 Å². The zero-order valence-electron chi connectivity index (χ0n) is 8.74. The zero-order valence-corrected chi connectivity index (χ0v) is 11.1. The highest BCUT2D eigenvalue weighted by molar-refractivity contribution is 9.10. The van der Waals surface area contributed by atoms with Crippen LogP contribution in [0.5, 0.6) is 0 Å². The second kappa shape index (κ2) is 4.49. The van der Waals surface area contributed by atoms with Crippen LogP contribution in [-0.4, -0.2) is 34.6 Å². The standard InChI is InChI=1S/C10H15BrN2OS/c1-2-13-5-3-10(14,4-6-13)9-12-8(11)7-15-9/h7,14H,2-6H2,1H3. The molecule has 0 amide bonds. The number of piperidine rings is 1. The molecule has 0 radical (unpaired) electrons. The molecule has 0 saturated carbocycles. The van der Waals surface area contributed by atoms with Crippen molar-refractivity contribution in [2.24, 2.45) is 0 Å². The highest BCUT2D eigenvalue weighted by Crippen LogP contribution is 2.35. The van der Waals surface area contributed by atoms with Gasteiger partial charge in [-0.15, -0.1) is 11.3 Å². The van der Waals surface area contributed by atoms with Crippen LogP contribution in [0.25, 0.3) is 0 Å². The molecule has 3 nitrogen and oxygen atoms in total. The molecule has 0 bridgehead atoms. The van der Waals surface area contributed by atoms with Crippen molar-refractivity contribution in [2.45, 2.75) is 25.4 Å². The Hall–Kier alpha value is 0.0300. The minimum absolute atomic E-state index is 0.692. The van der Waals surface area contributed by atoms with E-state index in [1.165, 1.54) is 11.3 Å². The Morgan fingerprint density at radius 2 is 2.27 bits per heavy atom. The lowest BCUT2D eigenvalue weighted by Crippen LogP contribution is -2.42. The van der Waals surface area contributed by atoms with E-state index in [0.717, 1.165) is 42.1 Å². The third-order valence-electron chi connectivity index (χ3n) is 3.00. The molecule has 0 unspecified atom stereocenters. The molecular formula is C10H15BrN2OS. The predicted octanol–water partition coefficient (Wildman–Crippen LogP) is 2.21.